The molecule has 3 nitrogen and oxygen atoms in total. The molecule has 1 atom stereocenters. The number of aromatic nitrogens is 1. The molecule has 1 unspecified atom stereocenters. The van der Waals surface area contributed by atoms with Crippen molar-refractivity contribution < 1.29 is 4.42 Å². The second-order valence-corrected chi connectivity index (χ2v) is 4.39. The van der Waals surface area contributed by atoms with Gasteiger partial charge in [-0.15, -0.1) is 0 Å². The molecule has 0 aliphatic carbocycles. The van der Waals surface area contributed by atoms with E-state index in [1.54, 1.807) is 6.26 Å². The van der Waals surface area contributed by atoms with E-state index in [4.69, 9.17) is 10.2 Å². The van der Waals surface area contributed by atoms with Gasteiger partial charge in [-0.1, -0.05) is 19.1 Å². The summed E-state index contributed by atoms with van der Waals surface area (Å²) in [7, 11) is 0. The summed E-state index contributed by atoms with van der Waals surface area (Å²) in [6, 6.07) is 8.34. The van der Waals surface area contributed by atoms with Gasteiger partial charge in [0.05, 0.1) is 5.69 Å². The van der Waals surface area contributed by atoms with E-state index in [1.165, 1.54) is 5.56 Å². The van der Waals surface area contributed by atoms with Gasteiger partial charge in [0.2, 0.25) is 5.89 Å². The van der Waals surface area contributed by atoms with Crippen LogP contribution in [-0.2, 0) is 0 Å². The number of nitrogens with zero attached hydrogens (tertiary/aromatic N) is 1. The fourth-order valence-corrected chi connectivity index (χ4v) is 1.86. The molecule has 0 radical (unpaired) electrons. The first kappa shape index (κ1) is 11.9. The molecule has 0 spiro atoms. The number of aryl methyl sites for hydroxylation is 1. The maximum Gasteiger partial charge on any atom is 0.226 e. The molecule has 2 aromatic rings. The zero-order valence-corrected chi connectivity index (χ0v) is 10.3. The summed E-state index contributed by atoms with van der Waals surface area (Å²) in [5.74, 6) is 1.18. The standard InChI is InChI=1S/C14H18N2O/c1-10(7-8-15)12-3-5-13(6-4-12)14-16-11(2)9-17-14/h3-6,9-10H,7-8,15H2,1-2H3. The number of oxazole rings is 1. The molecular weight excluding hydrogens is 212 g/mol. The van der Waals surface area contributed by atoms with Crippen LogP contribution in [0.25, 0.3) is 11.5 Å². The predicted molar refractivity (Wildman–Crippen MR) is 68.8 cm³/mol. The lowest BCUT2D eigenvalue weighted by Crippen LogP contribution is -2.04. The van der Waals surface area contributed by atoms with E-state index in [9.17, 15) is 0 Å². The van der Waals surface area contributed by atoms with Gasteiger partial charge in [0.15, 0.2) is 0 Å². The molecule has 2 rings (SSSR count). The summed E-state index contributed by atoms with van der Waals surface area (Å²) >= 11 is 0. The van der Waals surface area contributed by atoms with Crippen LogP contribution in [0.5, 0.6) is 0 Å². The highest BCUT2D eigenvalue weighted by atomic mass is 16.3. The van der Waals surface area contributed by atoms with Crippen molar-refractivity contribution >= 4 is 0 Å². The van der Waals surface area contributed by atoms with Crippen LogP contribution in [0.2, 0.25) is 0 Å². The zero-order chi connectivity index (χ0) is 12.3. The molecule has 1 aromatic heterocycles. The summed E-state index contributed by atoms with van der Waals surface area (Å²) < 4.78 is 5.37. The molecule has 2 N–H and O–H groups in total. The molecule has 1 aromatic carbocycles. The Labute approximate surface area is 102 Å². The van der Waals surface area contributed by atoms with Crippen molar-refractivity contribution in [2.75, 3.05) is 6.54 Å². The van der Waals surface area contributed by atoms with Gasteiger partial charge in [-0.3, -0.25) is 0 Å². The van der Waals surface area contributed by atoms with Gasteiger partial charge >= 0.3 is 0 Å². The molecule has 3 heteroatoms. The van der Waals surface area contributed by atoms with E-state index in [2.05, 4.69) is 24.0 Å². The molecule has 0 saturated heterocycles. The SMILES string of the molecule is Cc1coc(-c2ccc(C(C)CCN)cc2)n1. The average molecular weight is 230 g/mol. The Kier molecular flexibility index (Phi) is 3.59. The molecule has 1 heterocycles. The Hall–Kier alpha value is -1.61. The Morgan fingerprint density at radius 3 is 2.53 bits per heavy atom. The fourth-order valence-electron chi connectivity index (χ4n) is 1.86. The van der Waals surface area contributed by atoms with Crippen LogP contribution in [0.15, 0.2) is 34.9 Å². The van der Waals surface area contributed by atoms with Crippen molar-refractivity contribution in [1.82, 2.24) is 4.98 Å². The van der Waals surface area contributed by atoms with Gasteiger partial charge in [0, 0.05) is 5.56 Å². The third-order valence-electron chi connectivity index (χ3n) is 2.95. The molecule has 17 heavy (non-hydrogen) atoms. The van der Waals surface area contributed by atoms with Crippen molar-refractivity contribution in [3.63, 3.8) is 0 Å². The number of nitrogens with two attached hydrogens (primary N) is 1. The Morgan fingerprint density at radius 2 is 2.00 bits per heavy atom. The van der Waals surface area contributed by atoms with Crippen LogP contribution in [-0.4, -0.2) is 11.5 Å². The Morgan fingerprint density at radius 1 is 1.29 bits per heavy atom. The van der Waals surface area contributed by atoms with E-state index < -0.39 is 0 Å². The summed E-state index contributed by atoms with van der Waals surface area (Å²) in [5.41, 5.74) is 8.79. The van der Waals surface area contributed by atoms with Gasteiger partial charge < -0.3 is 10.2 Å². The highest BCUT2D eigenvalue weighted by Gasteiger charge is 2.07. The minimum atomic E-state index is 0.500. The van der Waals surface area contributed by atoms with Crippen molar-refractivity contribution in [1.29, 1.82) is 0 Å². The maximum atomic E-state index is 5.57. The molecule has 0 aliphatic heterocycles. The van der Waals surface area contributed by atoms with Crippen LogP contribution in [0.4, 0.5) is 0 Å². The minimum Gasteiger partial charge on any atom is -0.444 e. The summed E-state index contributed by atoms with van der Waals surface area (Å²) in [5, 5.41) is 0. The van der Waals surface area contributed by atoms with Crippen molar-refractivity contribution in [2.24, 2.45) is 5.73 Å². The first-order valence-corrected chi connectivity index (χ1v) is 5.93. The summed E-state index contributed by atoms with van der Waals surface area (Å²) in [6.45, 7) is 4.84. The number of hydrogen-bond donors (Lipinski definition) is 1. The normalized spacial score (nSPS) is 12.6. The zero-order valence-electron chi connectivity index (χ0n) is 10.3. The van der Waals surface area contributed by atoms with E-state index in [-0.39, 0.29) is 0 Å². The second-order valence-electron chi connectivity index (χ2n) is 4.39. The smallest absolute Gasteiger partial charge is 0.226 e. The van der Waals surface area contributed by atoms with E-state index in [0.717, 1.165) is 24.2 Å². The Bertz CT molecular complexity index is 473. The van der Waals surface area contributed by atoms with Crippen LogP contribution in [0.1, 0.15) is 30.5 Å². The molecule has 0 amide bonds. The molecular formula is C14H18N2O. The molecule has 0 bridgehead atoms. The number of rotatable bonds is 4. The topological polar surface area (TPSA) is 52.0 Å². The Balaban J connectivity index is 2.18. The first-order chi connectivity index (χ1) is 8.20. The summed E-state index contributed by atoms with van der Waals surface area (Å²) in [4.78, 5) is 4.31. The summed E-state index contributed by atoms with van der Waals surface area (Å²) in [6.07, 6.45) is 2.68. The molecule has 90 valence electrons. The lowest BCUT2D eigenvalue weighted by atomic mass is 9.97. The van der Waals surface area contributed by atoms with E-state index in [1.807, 2.05) is 19.1 Å². The van der Waals surface area contributed by atoms with Crippen molar-refractivity contribution in [3.05, 3.63) is 41.8 Å². The monoisotopic (exact) mass is 230 g/mol. The molecule has 0 fully saturated rings. The highest BCUT2D eigenvalue weighted by molar-refractivity contribution is 5.53. The number of hydrogen-bond acceptors (Lipinski definition) is 3. The van der Waals surface area contributed by atoms with Gasteiger partial charge in [-0.2, -0.15) is 0 Å². The second kappa shape index (κ2) is 5.15. The quantitative estimate of drug-likeness (QED) is 0.878. The highest BCUT2D eigenvalue weighted by Crippen LogP contribution is 2.23. The third-order valence-corrected chi connectivity index (χ3v) is 2.95. The van der Waals surface area contributed by atoms with Crippen LogP contribution in [0.3, 0.4) is 0 Å². The van der Waals surface area contributed by atoms with E-state index in [0.29, 0.717) is 11.8 Å². The molecule has 0 saturated carbocycles. The van der Waals surface area contributed by atoms with Gasteiger partial charge in [-0.05, 0) is 43.5 Å². The molecule has 0 aliphatic rings. The van der Waals surface area contributed by atoms with Crippen LogP contribution < -0.4 is 5.73 Å². The van der Waals surface area contributed by atoms with Gasteiger partial charge in [-0.25, -0.2) is 4.98 Å². The maximum absolute atomic E-state index is 5.57. The largest absolute Gasteiger partial charge is 0.444 e. The van der Waals surface area contributed by atoms with Gasteiger partial charge in [0.25, 0.3) is 0 Å². The lowest BCUT2D eigenvalue weighted by molar-refractivity contribution is 0.573. The van der Waals surface area contributed by atoms with E-state index >= 15 is 0 Å². The minimum absolute atomic E-state index is 0.500. The third kappa shape index (κ3) is 2.74. The predicted octanol–water partition coefficient (Wildman–Crippen LogP) is 3.10. The first-order valence-electron chi connectivity index (χ1n) is 5.93. The van der Waals surface area contributed by atoms with Crippen molar-refractivity contribution in [3.8, 4) is 11.5 Å². The van der Waals surface area contributed by atoms with Crippen molar-refractivity contribution in [2.45, 2.75) is 26.2 Å². The average Bonchev–Trinajstić information content (AvgIpc) is 2.76. The van der Waals surface area contributed by atoms with Gasteiger partial charge in [0.1, 0.15) is 6.26 Å². The lowest BCUT2D eigenvalue weighted by Gasteiger charge is -2.10. The van der Waals surface area contributed by atoms with Crippen LogP contribution >= 0.6 is 0 Å². The van der Waals surface area contributed by atoms with Crippen LogP contribution in [0, 0.1) is 6.92 Å². The fraction of sp³-hybridized carbons (Fsp3) is 0.357. The number of benzene rings is 1.